The normalized spacial score (nSPS) is 12.6. The van der Waals surface area contributed by atoms with Crippen molar-refractivity contribution in [1.29, 1.82) is 0 Å². The van der Waals surface area contributed by atoms with Crippen LogP contribution in [0, 0.1) is 6.92 Å². The van der Waals surface area contributed by atoms with Gasteiger partial charge < -0.3 is 0 Å². The monoisotopic (exact) mass is 249 g/mol. The Bertz CT molecular complexity index is 325. The third kappa shape index (κ3) is 5.15. The molecule has 1 atom stereocenters. The van der Waals surface area contributed by atoms with Crippen molar-refractivity contribution >= 4 is 0 Å². The van der Waals surface area contributed by atoms with Crippen molar-refractivity contribution in [3.05, 3.63) is 29.6 Å². The number of nitrogens with zero attached hydrogens (tertiary/aromatic N) is 1. The van der Waals surface area contributed by atoms with Crippen molar-refractivity contribution < 1.29 is 0 Å². The Kier molecular flexibility index (Phi) is 7.62. The van der Waals surface area contributed by atoms with Crippen LogP contribution in [0.25, 0.3) is 0 Å². The lowest BCUT2D eigenvalue weighted by Crippen LogP contribution is -2.28. The van der Waals surface area contributed by atoms with Crippen LogP contribution in [0.1, 0.15) is 69.0 Å². The van der Waals surface area contributed by atoms with Gasteiger partial charge in [-0.15, -0.1) is 0 Å². The molecule has 0 radical (unpaired) electrons. The SMILES string of the molecule is CCCCCCCCC(NN)c1cnccc1C. The summed E-state index contributed by atoms with van der Waals surface area (Å²) < 4.78 is 0. The standard InChI is InChI=1S/C15H27N3/c1-3-4-5-6-7-8-9-15(18-16)14-12-17-11-10-13(14)2/h10-12,15,18H,3-9,16H2,1-2H3. The van der Waals surface area contributed by atoms with Crippen LogP contribution in [0.3, 0.4) is 0 Å². The highest BCUT2D eigenvalue weighted by molar-refractivity contribution is 5.24. The maximum atomic E-state index is 5.66. The van der Waals surface area contributed by atoms with Gasteiger partial charge >= 0.3 is 0 Å². The maximum absolute atomic E-state index is 5.66. The molecule has 3 N–H and O–H groups in total. The highest BCUT2D eigenvalue weighted by Crippen LogP contribution is 2.21. The van der Waals surface area contributed by atoms with E-state index >= 15 is 0 Å². The second-order valence-electron chi connectivity index (χ2n) is 5.01. The van der Waals surface area contributed by atoms with Crippen LogP contribution in [-0.4, -0.2) is 4.98 Å². The quantitative estimate of drug-likeness (QED) is 0.399. The second-order valence-corrected chi connectivity index (χ2v) is 5.01. The van der Waals surface area contributed by atoms with E-state index in [2.05, 4.69) is 24.3 Å². The third-order valence-corrected chi connectivity index (χ3v) is 3.50. The highest BCUT2D eigenvalue weighted by Gasteiger charge is 2.11. The molecule has 1 aromatic heterocycles. The Morgan fingerprint density at radius 2 is 1.94 bits per heavy atom. The Hall–Kier alpha value is -0.930. The summed E-state index contributed by atoms with van der Waals surface area (Å²) in [5.41, 5.74) is 5.41. The molecule has 0 spiro atoms. The van der Waals surface area contributed by atoms with Crippen LogP contribution >= 0.6 is 0 Å². The summed E-state index contributed by atoms with van der Waals surface area (Å²) in [4.78, 5) is 4.19. The Morgan fingerprint density at radius 1 is 1.22 bits per heavy atom. The van der Waals surface area contributed by atoms with Gasteiger partial charge in [0.05, 0.1) is 0 Å². The molecule has 0 aliphatic carbocycles. The van der Waals surface area contributed by atoms with Crippen LogP contribution in [0.5, 0.6) is 0 Å². The third-order valence-electron chi connectivity index (χ3n) is 3.50. The van der Waals surface area contributed by atoms with E-state index in [0.717, 1.165) is 6.42 Å². The highest BCUT2D eigenvalue weighted by atomic mass is 15.2. The van der Waals surface area contributed by atoms with Gasteiger partial charge in [-0.3, -0.25) is 16.3 Å². The Balaban J connectivity index is 2.32. The smallest absolute Gasteiger partial charge is 0.0477 e. The van der Waals surface area contributed by atoms with E-state index in [0.29, 0.717) is 0 Å². The van der Waals surface area contributed by atoms with Crippen molar-refractivity contribution in [3.63, 3.8) is 0 Å². The van der Waals surface area contributed by atoms with Crippen molar-refractivity contribution in [3.8, 4) is 0 Å². The summed E-state index contributed by atoms with van der Waals surface area (Å²) in [6.45, 7) is 4.36. The number of nitrogens with two attached hydrogens (primary N) is 1. The summed E-state index contributed by atoms with van der Waals surface area (Å²) in [5.74, 6) is 5.66. The fourth-order valence-corrected chi connectivity index (χ4v) is 2.30. The fourth-order valence-electron chi connectivity index (χ4n) is 2.30. The van der Waals surface area contributed by atoms with Crippen molar-refractivity contribution in [1.82, 2.24) is 10.4 Å². The van der Waals surface area contributed by atoms with Crippen molar-refractivity contribution in [2.24, 2.45) is 5.84 Å². The van der Waals surface area contributed by atoms with Crippen LogP contribution in [0.4, 0.5) is 0 Å². The first kappa shape index (κ1) is 15.1. The maximum Gasteiger partial charge on any atom is 0.0477 e. The molecule has 0 aliphatic heterocycles. The molecule has 3 nitrogen and oxygen atoms in total. The molecule has 0 saturated carbocycles. The first-order valence-electron chi connectivity index (χ1n) is 7.16. The predicted molar refractivity (Wildman–Crippen MR) is 77.0 cm³/mol. The fraction of sp³-hybridized carbons (Fsp3) is 0.667. The molecule has 0 aliphatic rings. The van der Waals surface area contributed by atoms with Crippen LogP contribution in [-0.2, 0) is 0 Å². The molecular weight excluding hydrogens is 222 g/mol. The average molecular weight is 249 g/mol. The largest absolute Gasteiger partial charge is 0.271 e. The topological polar surface area (TPSA) is 50.9 Å². The molecule has 0 saturated heterocycles. The Morgan fingerprint density at radius 3 is 2.61 bits per heavy atom. The van der Waals surface area contributed by atoms with Gasteiger partial charge in [-0.2, -0.15) is 0 Å². The van der Waals surface area contributed by atoms with Gasteiger partial charge in [0.25, 0.3) is 0 Å². The zero-order chi connectivity index (χ0) is 13.2. The molecule has 102 valence electrons. The zero-order valence-corrected chi connectivity index (χ0v) is 11.8. The number of unbranched alkanes of at least 4 members (excludes halogenated alkanes) is 5. The zero-order valence-electron chi connectivity index (χ0n) is 11.8. The molecule has 0 amide bonds. The molecule has 0 aromatic carbocycles. The number of hydrogen-bond acceptors (Lipinski definition) is 3. The molecule has 3 heteroatoms. The van der Waals surface area contributed by atoms with Gasteiger partial charge in [-0.25, -0.2) is 0 Å². The molecule has 1 rings (SSSR count). The minimum Gasteiger partial charge on any atom is -0.271 e. The van der Waals surface area contributed by atoms with Gasteiger partial charge in [0, 0.05) is 18.4 Å². The number of hydrazine groups is 1. The van der Waals surface area contributed by atoms with E-state index in [4.69, 9.17) is 5.84 Å². The summed E-state index contributed by atoms with van der Waals surface area (Å²) in [7, 11) is 0. The molecule has 0 fully saturated rings. The van der Waals surface area contributed by atoms with Crippen LogP contribution < -0.4 is 11.3 Å². The van der Waals surface area contributed by atoms with E-state index in [9.17, 15) is 0 Å². The second kappa shape index (κ2) is 9.06. The van der Waals surface area contributed by atoms with Gasteiger partial charge in [0.1, 0.15) is 0 Å². The predicted octanol–water partition coefficient (Wildman–Crippen LogP) is 3.65. The first-order chi connectivity index (χ1) is 8.79. The van der Waals surface area contributed by atoms with E-state index in [1.165, 1.54) is 49.7 Å². The van der Waals surface area contributed by atoms with E-state index < -0.39 is 0 Å². The minimum absolute atomic E-state index is 0.241. The van der Waals surface area contributed by atoms with Gasteiger partial charge in [0.2, 0.25) is 0 Å². The lowest BCUT2D eigenvalue weighted by molar-refractivity contribution is 0.474. The van der Waals surface area contributed by atoms with Gasteiger partial charge in [-0.05, 0) is 30.5 Å². The van der Waals surface area contributed by atoms with Crippen LogP contribution in [0.2, 0.25) is 0 Å². The summed E-state index contributed by atoms with van der Waals surface area (Å²) in [5, 5.41) is 0. The summed E-state index contributed by atoms with van der Waals surface area (Å²) >= 11 is 0. The van der Waals surface area contributed by atoms with Crippen molar-refractivity contribution in [2.75, 3.05) is 0 Å². The number of rotatable bonds is 9. The van der Waals surface area contributed by atoms with E-state index in [1.54, 1.807) is 0 Å². The summed E-state index contributed by atoms with van der Waals surface area (Å²) in [6, 6.07) is 2.28. The molecule has 1 aromatic rings. The Labute approximate surface area is 111 Å². The van der Waals surface area contributed by atoms with Gasteiger partial charge in [-0.1, -0.05) is 45.4 Å². The number of nitrogens with one attached hydrogen (secondary N) is 1. The van der Waals surface area contributed by atoms with Gasteiger partial charge in [0.15, 0.2) is 0 Å². The lowest BCUT2D eigenvalue weighted by atomic mass is 9.98. The average Bonchev–Trinajstić information content (AvgIpc) is 2.39. The molecule has 18 heavy (non-hydrogen) atoms. The minimum atomic E-state index is 0.241. The number of pyridine rings is 1. The van der Waals surface area contributed by atoms with E-state index in [1.807, 2.05) is 18.5 Å². The number of hydrogen-bond donors (Lipinski definition) is 2. The van der Waals surface area contributed by atoms with Crippen LogP contribution in [0.15, 0.2) is 18.5 Å². The lowest BCUT2D eigenvalue weighted by Gasteiger charge is -2.17. The number of aromatic nitrogens is 1. The molecule has 1 unspecified atom stereocenters. The van der Waals surface area contributed by atoms with Crippen molar-refractivity contribution in [2.45, 2.75) is 64.8 Å². The van der Waals surface area contributed by atoms with E-state index in [-0.39, 0.29) is 6.04 Å². The summed E-state index contributed by atoms with van der Waals surface area (Å²) in [6.07, 6.45) is 12.8. The first-order valence-corrected chi connectivity index (χ1v) is 7.16. The molecular formula is C15H27N3. The molecule has 1 heterocycles. The number of aryl methyl sites for hydroxylation is 1. The molecule has 0 bridgehead atoms.